The van der Waals surface area contributed by atoms with Crippen molar-refractivity contribution in [1.82, 2.24) is 20.0 Å². The summed E-state index contributed by atoms with van der Waals surface area (Å²) in [6, 6.07) is 9.99. The number of aryl methyl sites for hydroxylation is 1. The zero-order valence-corrected chi connectivity index (χ0v) is 16.8. The minimum atomic E-state index is -0.190. The van der Waals surface area contributed by atoms with Crippen LogP contribution in [-0.2, 0) is 20.9 Å². The lowest BCUT2D eigenvalue weighted by molar-refractivity contribution is -0.140. The van der Waals surface area contributed by atoms with E-state index in [0.717, 1.165) is 17.0 Å². The maximum Gasteiger partial charge on any atom is 0.242 e. The summed E-state index contributed by atoms with van der Waals surface area (Å²) in [7, 11) is 0. The number of nitrogens with zero attached hydrogens (tertiary/aromatic N) is 3. The van der Waals surface area contributed by atoms with Crippen LogP contribution in [-0.4, -0.2) is 52.8 Å². The van der Waals surface area contributed by atoms with Gasteiger partial charge in [0.25, 0.3) is 0 Å². The van der Waals surface area contributed by atoms with Crippen LogP contribution in [0.15, 0.2) is 30.3 Å². The Bertz CT molecular complexity index is 832. The number of morpholine rings is 1. The van der Waals surface area contributed by atoms with Crippen molar-refractivity contribution in [3.63, 3.8) is 0 Å². The average molecular weight is 384 g/mol. The number of hydrogen-bond donors (Lipinski definition) is 1. The van der Waals surface area contributed by atoms with E-state index in [0.29, 0.717) is 32.7 Å². The van der Waals surface area contributed by atoms with Crippen LogP contribution < -0.4 is 5.32 Å². The van der Waals surface area contributed by atoms with Crippen LogP contribution >= 0.6 is 0 Å². The van der Waals surface area contributed by atoms with Gasteiger partial charge in [-0.3, -0.25) is 14.3 Å². The highest BCUT2D eigenvalue weighted by Gasteiger charge is 2.32. The van der Waals surface area contributed by atoms with Gasteiger partial charge in [0.2, 0.25) is 11.8 Å². The number of carbonyl (C=O) groups is 2. The Balaban J connectivity index is 1.81. The molecule has 1 unspecified atom stereocenters. The predicted molar refractivity (Wildman–Crippen MR) is 106 cm³/mol. The van der Waals surface area contributed by atoms with Gasteiger partial charge in [-0.25, -0.2) is 0 Å². The Labute approximate surface area is 165 Å². The van der Waals surface area contributed by atoms with Crippen molar-refractivity contribution in [3.8, 4) is 0 Å². The monoisotopic (exact) mass is 384 g/mol. The van der Waals surface area contributed by atoms with E-state index < -0.39 is 0 Å². The van der Waals surface area contributed by atoms with Crippen LogP contribution in [0.4, 0.5) is 0 Å². The fourth-order valence-electron chi connectivity index (χ4n) is 3.65. The van der Waals surface area contributed by atoms with E-state index in [4.69, 9.17) is 9.84 Å². The van der Waals surface area contributed by atoms with Crippen molar-refractivity contribution < 1.29 is 14.3 Å². The average Bonchev–Trinajstić information content (AvgIpc) is 2.99. The summed E-state index contributed by atoms with van der Waals surface area (Å²) in [6.07, 6.45) is 0.365. The molecule has 0 spiro atoms. The molecule has 0 radical (unpaired) electrons. The molecule has 7 heteroatoms. The van der Waals surface area contributed by atoms with Crippen LogP contribution in [0.25, 0.3) is 0 Å². The van der Waals surface area contributed by atoms with Crippen molar-refractivity contribution in [1.29, 1.82) is 0 Å². The van der Waals surface area contributed by atoms with Crippen LogP contribution in [0.2, 0.25) is 0 Å². The predicted octanol–water partition coefficient (Wildman–Crippen LogP) is 1.97. The van der Waals surface area contributed by atoms with Gasteiger partial charge in [-0.05, 0) is 19.4 Å². The number of benzene rings is 1. The fourth-order valence-corrected chi connectivity index (χ4v) is 3.65. The second-order valence-electron chi connectivity index (χ2n) is 7.04. The Kier molecular flexibility index (Phi) is 6.46. The third-order valence-corrected chi connectivity index (χ3v) is 5.15. The molecule has 2 aromatic rings. The van der Waals surface area contributed by atoms with Crippen LogP contribution in [0.5, 0.6) is 0 Å². The summed E-state index contributed by atoms with van der Waals surface area (Å²) in [5.74, 6) is -0.217. The van der Waals surface area contributed by atoms with E-state index in [-0.39, 0.29) is 24.4 Å². The van der Waals surface area contributed by atoms with Gasteiger partial charge in [-0.1, -0.05) is 37.3 Å². The Morgan fingerprint density at radius 3 is 2.71 bits per heavy atom. The lowest BCUT2D eigenvalue weighted by Gasteiger charge is -2.36. The van der Waals surface area contributed by atoms with Crippen molar-refractivity contribution >= 4 is 11.8 Å². The molecule has 0 saturated carbocycles. The lowest BCUT2D eigenvalue weighted by Crippen LogP contribution is -2.47. The van der Waals surface area contributed by atoms with Gasteiger partial charge in [0.05, 0.1) is 38.0 Å². The molecule has 1 fully saturated rings. The highest BCUT2D eigenvalue weighted by atomic mass is 16.5. The van der Waals surface area contributed by atoms with E-state index in [9.17, 15) is 9.59 Å². The summed E-state index contributed by atoms with van der Waals surface area (Å²) in [5.41, 5.74) is 4.15. The first-order valence-corrected chi connectivity index (χ1v) is 9.73. The number of nitrogens with one attached hydrogen (secondary N) is 1. The largest absolute Gasteiger partial charge is 0.377 e. The van der Waals surface area contributed by atoms with Gasteiger partial charge < -0.3 is 15.0 Å². The summed E-state index contributed by atoms with van der Waals surface area (Å²) in [4.78, 5) is 26.1. The molecule has 1 saturated heterocycles. The number of aromatic nitrogens is 2. The molecule has 3 rings (SSSR count). The molecular weight excluding hydrogens is 356 g/mol. The molecule has 1 aromatic heterocycles. The van der Waals surface area contributed by atoms with E-state index in [1.807, 2.05) is 41.6 Å². The molecular formula is C21H28N4O3. The van der Waals surface area contributed by atoms with Crippen molar-refractivity contribution in [2.75, 3.05) is 26.3 Å². The number of amides is 2. The van der Waals surface area contributed by atoms with Crippen molar-refractivity contribution in [2.45, 2.75) is 39.8 Å². The number of ether oxygens (including phenoxy) is 1. The third kappa shape index (κ3) is 4.42. The molecule has 150 valence electrons. The smallest absolute Gasteiger partial charge is 0.242 e. The highest BCUT2D eigenvalue weighted by molar-refractivity contribution is 5.85. The van der Waals surface area contributed by atoms with E-state index in [2.05, 4.69) is 17.4 Å². The standard InChI is InChI=1S/C21H28N4O3/c1-4-19(26)22-12-20(27)24-10-11-28-14-18(24)21-15(2)23-25(16(21)3)13-17-8-6-5-7-9-17/h5-9,18H,4,10-14H2,1-3H3,(H,22,26). The zero-order chi connectivity index (χ0) is 20.1. The molecule has 0 bridgehead atoms. The van der Waals surface area contributed by atoms with E-state index >= 15 is 0 Å². The first-order chi connectivity index (χ1) is 13.5. The molecule has 1 aliphatic heterocycles. The Morgan fingerprint density at radius 2 is 2.00 bits per heavy atom. The maximum absolute atomic E-state index is 12.8. The van der Waals surface area contributed by atoms with Crippen LogP contribution in [0.3, 0.4) is 0 Å². The third-order valence-electron chi connectivity index (χ3n) is 5.15. The van der Waals surface area contributed by atoms with Gasteiger partial charge in [-0.2, -0.15) is 5.10 Å². The minimum Gasteiger partial charge on any atom is -0.377 e. The van der Waals surface area contributed by atoms with E-state index in [1.54, 1.807) is 6.92 Å². The fraction of sp³-hybridized carbons (Fsp3) is 0.476. The summed E-state index contributed by atoms with van der Waals surface area (Å²) in [5, 5.41) is 7.39. The van der Waals surface area contributed by atoms with Crippen LogP contribution in [0, 0.1) is 13.8 Å². The SMILES string of the molecule is CCC(=O)NCC(=O)N1CCOCC1c1c(C)nn(Cc2ccccc2)c1C. The molecule has 1 aromatic carbocycles. The minimum absolute atomic E-state index is 0.0133. The lowest BCUT2D eigenvalue weighted by atomic mass is 10.0. The molecule has 1 aliphatic rings. The molecule has 1 atom stereocenters. The molecule has 2 heterocycles. The quantitative estimate of drug-likeness (QED) is 0.826. The normalized spacial score (nSPS) is 16.8. The topological polar surface area (TPSA) is 76.5 Å². The highest BCUT2D eigenvalue weighted by Crippen LogP contribution is 2.29. The van der Waals surface area contributed by atoms with Gasteiger partial charge in [0, 0.05) is 24.2 Å². The summed E-state index contributed by atoms with van der Waals surface area (Å²) < 4.78 is 7.67. The molecule has 7 nitrogen and oxygen atoms in total. The number of rotatable bonds is 6. The Hall–Kier alpha value is -2.67. The van der Waals surface area contributed by atoms with Gasteiger partial charge in [0.15, 0.2) is 0 Å². The Morgan fingerprint density at radius 1 is 1.25 bits per heavy atom. The molecule has 28 heavy (non-hydrogen) atoms. The van der Waals surface area contributed by atoms with Gasteiger partial charge in [-0.15, -0.1) is 0 Å². The second kappa shape index (κ2) is 9.01. The molecule has 2 amide bonds. The van der Waals surface area contributed by atoms with Crippen LogP contribution in [0.1, 0.15) is 41.9 Å². The zero-order valence-electron chi connectivity index (χ0n) is 16.8. The summed E-state index contributed by atoms with van der Waals surface area (Å²) in [6.45, 7) is 7.92. The number of carbonyl (C=O) groups excluding carboxylic acids is 2. The van der Waals surface area contributed by atoms with E-state index in [1.165, 1.54) is 5.56 Å². The van der Waals surface area contributed by atoms with Crippen molar-refractivity contribution in [3.05, 3.63) is 52.8 Å². The maximum atomic E-state index is 12.8. The van der Waals surface area contributed by atoms with Gasteiger partial charge in [0.1, 0.15) is 0 Å². The molecule has 0 aliphatic carbocycles. The van der Waals surface area contributed by atoms with Crippen molar-refractivity contribution in [2.24, 2.45) is 0 Å². The van der Waals surface area contributed by atoms with Gasteiger partial charge >= 0.3 is 0 Å². The molecule has 1 N–H and O–H groups in total. The number of hydrogen-bond acceptors (Lipinski definition) is 4. The first-order valence-electron chi connectivity index (χ1n) is 9.73. The first kappa shape index (κ1) is 20.1. The summed E-state index contributed by atoms with van der Waals surface area (Å²) >= 11 is 0. The second-order valence-corrected chi connectivity index (χ2v) is 7.04.